The Balaban J connectivity index is 1.97. The van der Waals surface area contributed by atoms with Crippen molar-refractivity contribution in [3.8, 4) is 5.75 Å². The van der Waals surface area contributed by atoms with Crippen molar-refractivity contribution < 1.29 is 4.74 Å². The summed E-state index contributed by atoms with van der Waals surface area (Å²) < 4.78 is 6.79. The van der Waals surface area contributed by atoms with E-state index in [-0.39, 0.29) is 0 Å². The standard InChI is InChI=1S/C17H20BrNO/c1-2-3-5-13-8-10-14(11-9-13)20-12-15-16(18)6-4-7-17(15)19/h4,6-11H,2-3,5,12,19H2,1H3. The van der Waals surface area contributed by atoms with Crippen LogP contribution in [-0.2, 0) is 13.0 Å². The molecule has 2 rings (SSSR count). The van der Waals surface area contributed by atoms with Crippen LogP contribution < -0.4 is 10.5 Å². The summed E-state index contributed by atoms with van der Waals surface area (Å²) in [5.41, 5.74) is 9.05. The normalized spacial score (nSPS) is 10.5. The number of aryl methyl sites for hydroxylation is 1. The third kappa shape index (κ3) is 4.01. The van der Waals surface area contributed by atoms with Crippen molar-refractivity contribution in [1.82, 2.24) is 0 Å². The highest BCUT2D eigenvalue weighted by Gasteiger charge is 2.05. The summed E-state index contributed by atoms with van der Waals surface area (Å²) in [5, 5.41) is 0. The number of benzene rings is 2. The van der Waals surface area contributed by atoms with Crippen LogP contribution in [0.3, 0.4) is 0 Å². The molecule has 20 heavy (non-hydrogen) atoms. The molecular weight excluding hydrogens is 314 g/mol. The van der Waals surface area contributed by atoms with E-state index in [1.807, 2.05) is 30.3 Å². The van der Waals surface area contributed by atoms with Gasteiger partial charge in [0.1, 0.15) is 12.4 Å². The molecule has 0 aliphatic rings. The van der Waals surface area contributed by atoms with Gasteiger partial charge in [0.15, 0.2) is 0 Å². The lowest BCUT2D eigenvalue weighted by molar-refractivity contribution is 0.306. The first-order valence-electron chi connectivity index (χ1n) is 6.95. The van der Waals surface area contributed by atoms with Gasteiger partial charge in [0.05, 0.1) is 0 Å². The fraction of sp³-hybridized carbons (Fsp3) is 0.294. The van der Waals surface area contributed by atoms with Crippen molar-refractivity contribution in [2.45, 2.75) is 32.8 Å². The maximum absolute atomic E-state index is 5.95. The molecule has 0 spiro atoms. The van der Waals surface area contributed by atoms with Crippen molar-refractivity contribution in [3.05, 3.63) is 58.1 Å². The van der Waals surface area contributed by atoms with Crippen molar-refractivity contribution in [2.24, 2.45) is 0 Å². The molecule has 2 nitrogen and oxygen atoms in total. The van der Waals surface area contributed by atoms with E-state index in [2.05, 4.69) is 35.0 Å². The minimum atomic E-state index is 0.474. The third-order valence-electron chi connectivity index (χ3n) is 3.28. The first-order valence-corrected chi connectivity index (χ1v) is 7.74. The second-order valence-corrected chi connectivity index (χ2v) is 5.70. The second kappa shape index (κ2) is 7.34. The molecule has 0 bridgehead atoms. The molecule has 0 radical (unpaired) electrons. The Kier molecular flexibility index (Phi) is 5.48. The Labute approximate surface area is 129 Å². The summed E-state index contributed by atoms with van der Waals surface area (Å²) in [6.45, 7) is 2.68. The zero-order chi connectivity index (χ0) is 14.4. The van der Waals surface area contributed by atoms with Gasteiger partial charge >= 0.3 is 0 Å². The van der Waals surface area contributed by atoms with E-state index in [1.54, 1.807) is 0 Å². The molecule has 0 aliphatic heterocycles. The fourth-order valence-corrected chi connectivity index (χ4v) is 2.51. The van der Waals surface area contributed by atoms with E-state index < -0.39 is 0 Å². The smallest absolute Gasteiger partial charge is 0.119 e. The maximum Gasteiger partial charge on any atom is 0.119 e. The Morgan fingerprint density at radius 3 is 2.50 bits per heavy atom. The topological polar surface area (TPSA) is 35.2 Å². The van der Waals surface area contributed by atoms with Gasteiger partial charge in [0, 0.05) is 15.7 Å². The highest BCUT2D eigenvalue weighted by atomic mass is 79.9. The molecule has 2 aromatic rings. The van der Waals surface area contributed by atoms with Crippen LogP contribution in [0, 0.1) is 0 Å². The predicted molar refractivity (Wildman–Crippen MR) is 87.9 cm³/mol. The molecule has 0 fully saturated rings. The first-order chi connectivity index (χ1) is 9.70. The number of unbranched alkanes of at least 4 members (excludes halogenated alkanes) is 1. The summed E-state index contributed by atoms with van der Waals surface area (Å²) in [5.74, 6) is 0.875. The number of halogens is 1. The lowest BCUT2D eigenvalue weighted by Gasteiger charge is -2.11. The monoisotopic (exact) mass is 333 g/mol. The molecule has 0 aromatic heterocycles. The van der Waals surface area contributed by atoms with Gasteiger partial charge in [-0.25, -0.2) is 0 Å². The number of anilines is 1. The molecule has 2 aromatic carbocycles. The van der Waals surface area contributed by atoms with Crippen LogP contribution >= 0.6 is 15.9 Å². The number of hydrogen-bond donors (Lipinski definition) is 1. The van der Waals surface area contributed by atoms with Gasteiger partial charge in [-0.1, -0.05) is 47.5 Å². The van der Waals surface area contributed by atoms with Crippen molar-refractivity contribution in [1.29, 1.82) is 0 Å². The quantitative estimate of drug-likeness (QED) is 0.759. The number of ether oxygens (including phenoxy) is 1. The van der Waals surface area contributed by atoms with Gasteiger partial charge in [0.2, 0.25) is 0 Å². The Morgan fingerprint density at radius 1 is 1.10 bits per heavy atom. The van der Waals surface area contributed by atoms with Gasteiger partial charge < -0.3 is 10.5 Å². The maximum atomic E-state index is 5.95. The van der Waals surface area contributed by atoms with Gasteiger partial charge in [-0.2, -0.15) is 0 Å². The zero-order valence-corrected chi connectivity index (χ0v) is 13.3. The molecule has 106 valence electrons. The van der Waals surface area contributed by atoms with Crippen LogP contribution in [0.1, 0.15) is 30.9 Å². The fourth-order valence-electron chi connectivity index (χ4n) is 2.02. The molecular formula is C17H20BrNO. The van der Waals surface area contributed by atoms with Crippen LogP contribution in [0.5, 0.6) is 5.75 Å². The Morgan fingerprint density at radius 2 is 1.85 bits per heavy atom. The molecule has 0 saturated heterocycles. The molecule has 0 heterocycles. The number of nitrogens with two attached hydrogens (primary N) is 1. The second-order valence-electron chi connectivity index (χ2n) is 4.84. The summed E-state index contributed by atoms with van der Waals surface area (Å²) in [4.78, 5) is 0. The lowest BCUT2D eigenvalue weighted by Crippen LogP contribution is -2.01. The molecule has 0 saturated carbocycles. The van der Waals surface area contributed by atoms with E-state index in [4.69, 9.17) is 10.5 Å². The summed E-state index contributed by atoms with van der Waals surface area (Å²) in [7, 11) is 0. The first kappa shape index (κ1) is 14.9. The van der Waals surface area contributed by atoms with Crippen LogP contribution in [0.2, 0.25) is 0 Å². The Bertz CT molecular complexity index is 531. The number of rotatable bonds is 6. The van der Waals surface area contributed by atoms with Crippen LogP contribution in [-0.4, -0.2) is 0 Å². The van der Waals surface area contributed by atoms with Gasteiger partial charge in [-0.05, 0) is 42.7 Å². The van der Waals surface area contributed by atoms with Crippen LogP contribution in [0.15, 0.2) is 46.9 Å². The van der Waals surface area contributed by atoms with Crippen LogP contribution in [0.4, 0.5) is 5.69 Å². The Hall–Kier alpha value is -1.48. The minimum absolute atomic E-state index is 0.474. The highest BCUT2D eigenvalue weighted by Crippen LogP contribution is 2.24. The van der Waals surface area contributed by atoms with E-state index in [1.165, 1.54) is 18.4 Å². The van der Waals surface area contributed by atoms with E-state index in [9.17, 15) is 0 Å². The summed E-state index contributed by atoms with van der Waals surface area (Å²) in [6, 6.07) is 14.1. The average molecular weight is 334 g/mol. The number of hydrogen-bond acceptors (Lipinski definition) is 2. The lowest BCUT2D eigenvalue weighted by atomic mass is 10.1. The van der Waals surface area contributed by atoms with Crippen LogP contribution in [0.25, 0.3) is 0 Å². The number of nitrogen functional groups attached to an aromatic ring is 1. The van der Waals surface area contributed by atoms with Gasteiger partial charge in [-0.3, -0.25) is 0 Å². The largest absolute Gasteiger partial charge is 0.489 e. The summed E-state index contributed by atoms with van der Waals surface area (Å²) >= 11 is 3.50. The molecule has 0 atom stereocenters. The van der Waals surface area contributed by atoms with Crippen molar-refractivity contribution in [3.63, 3.8) is 0 Å². The van der Waals surface area contributed by atoms with Crippen molar-refractivity contribution >= 4 is 21.6 Å². The molecule has 0 aliphatic carbocycles. The van der Waals surface area contributed by atoms with E-state index in [0.717, 1.165) is 27.9 Å². The molecule has 2 N–H and O–H groups in total. The summed E-state index contributed by atoms with van der Waals surface area (Å²) in [6.07, 6.45) is 3.58. The highest BCUT2D eigenvalue weighted by molar-refractivity contribution is 9.10. The molecule has 3 heteroatoms. The minimum Gasteiger partial charge on any atom is -0.489 e. The van der Waals surface area contributed by atoms with Crippen molar-refractivity contribution in [2.75, 3.05) is 5.73 Å². The zero-order valence-electron chi connectivity index (χ0n) is 11.7. The molecule has 0 unspecified atom stereocenters. The average Bonchev–Trinajstić information content (AvgIpc) is 2.46. The van der Waals surface area contributed by atoms with Gasteiger partial charge in [-0.15, -0.1) is 0 Å². The SMILES string of the molecule is CCCCc1ccc(OCc2c(N)cccc2Br)cc1. The van der Waals surface area contributed by atoms with E-state index >= 15 is 0 Å². The predicted octanol–water partition coefficient (Wildman–Crippen LogP) is 4.95. The third-order valence-corrected chi connectivity index (χ3v) is 4.02. The molecule has 0 amide bonds. The van der Waals surface area contributed by atoms with Gasteiger partial charge in [0.25, 0.3) is 0 Å². The van der Waals surface area contributed by atoms with E-state index in [0.29, 0.717) is 6.61 Å².